The van der Waals surface area contributed by atoms with E-state index in [4.69, 9.17) is 4.42 Å². The molecule has 0 aliphatic heterocycles. The number of hydrogen-bond acceptors (Lipinski definition) is 4. The van der Waals surface area contributed by atoms with Crippen LogP contribution < -0.4 is 5.32 Å². The summed E-state index contributed by atoms with van der Waals surface area (Å²) in [6.45, 7) is 6.04. The highest BCUT2D eigenvalue weighted by Crippen LogP contribution is 2.23. The third-order valence-corrected chi connectivity index (χ3v) is 2.86. The molecule has 0 unspecified atom stereocenters. The van der Waals surface area contributed by atoms with Gasteiger partial charge >= 0.3 is 0 Å². The van der Waals surface area contributed by atoms with Crippen LogP contribution >= 0.6 is 0 Å². The molecule has 4 nitrogen and oxygen atoms in total. The van der Waals surface area contributed by atoms with Crippen LogP contribution in [0.15, 0.2) is 16.5 Å². The number of nitrogens with zero attached hydrogens (tertiary/aromatic N) is 2. The SMILES string of the molecule is CCc1ccc(-c2nc(C)c(C)c(NC)n2)o1. The number of aryl methyl sites for hydroxylation is 2. The standard InChI is InChI=1S/C13H17N3O/c1-5-10-6-7-11(17-10)13-15-9(3)8(2)12(14-4)16-13/h6-7H,5H2,1-4H3,(H,14,15,16). The minimum atomic E-state index is 0.636. The van der Waals surface area contributed by atoms with Crippen molar-refractivity contribution in [2.75, 3.05) is 12.4 Å². The van der Waals surface area contributed by atoms with Crippen LogP contribution in [0.3, 0.4) is 0 Å². The Kier molecular flexibility index (Phi) is 3.13. The van der Waals surface area contributed by atoms with Gasteiger partial charge in [0.2, 0.25) is 0 Å². The molecule has 4 heteroatoms. The monoisotopic (exact) mass is 231 g/mol. The highest BCUT2D eigenvalue weighted by atomic mass is 16.3. The summed E-state index contributed by atoms with van der Waals surface area (Å²) in [5, 5.41) is 3.07. The molecule has 0 bridgehead atoms. The van der Waals surface area contributed by atoms with Crippen molar-refractivity contribution in [1.29, 1.82) is 0 Å². The second kappa shape index (κ2) is 4.57. The fraction of sp³-hybridized carbons (Fsp3) is 0.385. The molecule has 0 aliphatic rings. The molecule has 90 valence electrons. The van der Waals surface area contributed by atoms with Crippen LogP contribution in [0.5, 0.6) is 0 Å². The van der Waals surface area contributed by atoms with Gasteiger partial charge in [-0.25, -0.2) is 9.97 Å². The Morgan fingerprint density at radius 2 is 2.00 bits per heavy atom. The minimum Gasteiger partial charge on any atom is -0.458 e. The first-order valence-electron chi connectivity index (χ1n) is 5.77. The zero-order chi connectivity index (χ0) is 12.4. The van der Waals surface area contributed by atoms with Crippen molar-refractivity contribution in [3.05, 3.63) is 29.2 Å². The largest absolute Gasteiger partial charge is 0.458 e. The molecular weight excluding hydrogens is 214 g/mol. The lowest BCUT2D eigenvalue weighted by atomic mass is 10.2. The summed E-state index contributed by atoms with van der Waals surface area (Å²) >= 11 is 0. The third-order valence-electron chi connectivity index (χ3n) is 2.86. The molecule has 0 amide bonds. The molecule has 0 saturated carbocycles. The van der Waals surface area contributed by atoms with Crippen molar-refractivity contribution in [2.45, 2.75) is 27.2 Å². The molecule has 0 saturated heterocycles. The lowest BCUT2D eigenvalue weighted by Gasteiger charge is -2.08. The lowest BCUT2D eigenvalue weighted by Crippen LogP contribution is -2.02. The van der Waals surface area contributed by atoms with E-state index in [-0.39, 0.29) is 0 Å². The summed E-state index contributed by atoms with van der Waals surface area (Å²) in [5.41, 5.74) is 2.03. The van der Waals surface area contributed by atoms with E-state index >= 15 is 0 Å². The molecule has 0 aromatic carbocycles. The van der Waals surface area contributed by atoms with Crippen molar-refractivity contribution in [3.8, 4) is 11.6 Å². The predicted octanol–water partition coefficient (Wildman–Crippen LogP) is 2.96. The Morgan fingerprint density at radius 1 is 1.24 bits per heavy atom. The van der Waals surface area contributed by atoms with E-state index < -0.39 is 0 Å². The number of anilines is 1. The number of hydrogen-bond donors (Lipinski definition) is 1. The maximum absolute atomic E-state index is 5.66. The molecule has 2 rings (SSSR count). The van der Waals surface area contributed by atoms with E-state index in [1.54, 1.807) is 0 Å². The summed E-state index contributed by atoms with van der Waals surface area (Å²) in [5.74, 6) is 3.16. The van der Waals surface area contributed by atoms with Gasteiger partial charge in [0.1, 0.15) is 11.6 Å². The number of aromatic nitrogens is 2. The summed E-state index contributed by atoms with van der Waals surface area (Å²) < 4.78 is 5.66. The van der Waals surface area contributed by atoms with Gasteiger partial charge in [-0.15, -0.1) is 0 Å². The number of nitrogens with one attached hydrogen (secondary N) is 1. The predicted molar refractivity (Wildman–Crippen MR) is 68.1 cm³/mol. The Morgan fingerprint density at radius 3 is 2.59 bits per heavy atom. The third kappa shape index (κ3) is 2.16. The zero-order valence-electron chi connectivity index (χ0n) is 10.7. The topological polar surface area (TPSA) is 51.0 Å². The van der Waals surface area contributed by atoms with Crippen LogP contribution in [0.4, 0.5) is 5.82 Å². The molecule has 0 fully saturated rings. The Labute approximate surface area is 101 Å². The van der Waals surface area contributed by atoms with E-state index in [9.17, 15) is 0 Å². The highest BCUT2D eigenvalue weighted by molar-refractivity contribution is 5.55. The normalized spacial score (nSPS) is 10.6. The van der Waals surface area contributed by atoms with Crippen molar-refractivity contribution in [3.63, 3.8) is 0 Å². The van der Waals surface area contributed by atoms with Crippen molar-refractivity contribution in [1.82, 2.24) is 9.97 Å². The maximum atomic E-state index is 5.66. The van der Waals surface area contributed by atoms with Crippen molar-refractivity contribution < 1.29 is 4.42 Å². The van der Waals surface area contributed by atoms with Gasteiger partial charge in [-0.05, 0) is 26.0 Å². The van der Waals surface area contributed by atoms with E-state index in [0.29, 0.717) is 5.82 Å². The van der Waals surface area contributed by atoms with E-state index in [2.05, 4.69) is 22.2 Å². The van der Waals surface area contributed by atoms with E-state index in [0.717, 1.165) is 35.0 Å². The van der Waals surface area contributed by atoms with Crippen molar-refractivity contribution >= 4 is 5.82 Å². The fourth-order valence-electron chi connectivity index (χ4n) is 1.67. The van der Waals surface area contributed by atoms with Gasteiger partial charge in [0, 0.05) is 24.7 Å². The maximum Gasteiger partial charge on any atom is 0.197 e. The minimum absolute atomic E-state index is 0.636. The zero-order valence-corrected chi connectivity index (χ0v) is 10.7. The molecule has 0 atom stereocenters. The van der Waals surface area contributed by atoms with Gasteiger partial charge in [0.05, 0.1) is 0 Å². The molecule has 0 radical (unpaired) electrons. The second-order valence-corrected chi connectivity index (χ2v) is 3.98. The molecule has 17 heavy (non-hydrogen) atoms. The second-order valence-electron chi connectivity index (χ2n) is 3.98. The average Bonchev–Trinajstić information content (AvgIpc) is 2.81. The van der Waals surface area contributed by atoms with Crippen LogP contribution in [-0.4, -0.2) is 17.0 Å². The number of rotatable bonds is 3. The molecular formula is C13H17N3O. The van der Waals surface area contributed by atoms with E-state index in [1.165, 1.54) is 0 Å². The molecule has 2 heterocycles. The van der Waals surface area contributed by atoms with Gasteiger partial charge < -0.3 is 9.73 Å². The first-order valence-corrected chi connectivity index (χ1v) is 5.77. The van der Waals surface area contributed by atoms with Gasteiger partial charge in [0.15, 0.2) is 11.6 Å². The van der Waals surface area contributed by atoms with Crippen LogP contribution in [0, 0.1) is 13.8 Å². The molecule has 0 spiro atoms. The Balaban J connectivity index is 2.48. The summed E-state index contributed by atoms with van der Waals surface area (Å²) in [7, 11) is 1.86. The lowest BCUT2D eigenvalue weighted by molar-refractivity contribution is 0.525. The molecule has 0 aliphatic carbocycles. The van der Waals surface area contributed by atoms with Crippen LogP contribution in [0.1, 0.15) is 23.9 Å². The first kappa shape index (κ1) is 11.6. The summed E-state index contributed by atoms with van der Waals surface area (Å²) in [6.07, 6.45) is 0.879. The quantitative estimate of drug-likeness (QED) is 0.882. The smallest absolute Gasteiger partial charge is 0.197 e. The van der Waals surface area contributed by atoms with Gasteiger partial charge in [-0.1, -0.05) is 6.92 Å². The average molecular weight is 231 g/mol. The first-order chi connectivity index (χ1) is 8.15. The summed E-state index contributed by atoms with van der Waals surface area (Å²) in [6, 6.07) is 3.88. The fourth-order valence-corrected chi connectivity index (χ4v) is 1.67. The van der Waals surface area contributed by atoms with Crippen LogP contribution in [0.2, 0.25) is 0 Å². The van der Waals surface area contributed by atoms with E-state index in [1.807, 2.05) is 33.0 Å². The molecule has 1 N–H and O–H groups in total. The van der Waals surface area contributed by atoms with Crippen LogP contribution in [0.25, 0.3) is 11.6 Å². The molecule has 2 aromatic rings. The van der Waals surface area contributed by atoms with Gasteiger partial charge in [-0.3, -0.25) is 0 Å². The summed E-state index contributed by atoms with van der Waals surface area (Å²) in [4.78, 5) is 8.91. The Hall–Kier alpha value is -1.84. The van der Waals surface area contributed by atoms with Gasteiger partial charge in [0.25, 0.3) is 0 Å². The highest BCUT2D eigenvalue weighted by Gasteiger charge is 2.11. The van der Waals surface area contributed by atoms with Crippen LogP contribution in [-0.2, 0) is 6.42 Å². The Bertz CT molecular complexity index is 531. The van der Waals surface area contributed by atoms with Gasteiger partial charge in [-0.2, -0.15) is 0 Å². The van der Waals surface area contributed by atoms with Crippen molar-refractivity contribution in [2.24, 2.45) is 0 Å². The molecule has 2 aromatic heterocycles. The number of furan rings is 1.